The van der Waals surface area contributed by atoms with Crippen LogP contribution in [0.4, 0.5) is 5.82 Å². The van der Waals surface area contributed by atoms with E-state index in [0.717, 1.165) is 16.5 Å². The molecular weight excluding hydrogens is 332 g/mol. The van der Waals surface area contributed by atoms with Gasteiger partial charge in [-0.15, -0.1) is 0 Å². The molecular formula is C18H20N6O2. The molecule has 3 rings (SSSR count). The summed E-state index contributed by atoms with van der Waals surface area (Å²) in [5, 5.41) is 15.9. The van der Waals surface area contributed by atoms with Crippen LogP contribution < -0.4 is 10.6 Å². The molecule has 3 aromatic heterocycles. The largest absolute Gasteiger partial charge is 0.480 e. The van der Waals surface area contributed by atoms with Crippen LogP contribution in [0, 0.1) is 0 Å². The van der Waals surface area contributed by atoms with E-state index in [4.69, 9.17) is 5.11 Å². The minimum Gasteiger partial charge on any atom is -0.480 e. The van der Waals surface area contributed by atoms with Crippen LogP contribution in [0.15, 0.2) is 43.0 Å². The lowest BCUT2D eigenvalue weighted by Gasteiger charge is -2.28. The quantitative estimate of drug-likeness (QED) is 0.591. The van der Waals surface area contributed by atoms with Crippen LogP contribution in [0.5, 0.6) is 0 Å². The Kier molecular flexibility index (Phi) is 5.04. The number of aliphatic carboxylic acids is 1. The van der Waals surface area contributed by atoms with Crippen LogP contribution in [0.3, 0.4) is 0 Å². The minimum atomic E-state index is -0.890. The van der Waals surface area contributed by atoms with Crippen LogP contribution in [0.1, 0.15) is 13.8 Å². The van der Waals surface area contributed by atoms with E-state index in [0.29, 0.717) is 18.2 Å². The highest BCUT2D eigenvalue weighted by atomic mass is 16.4. The molecule has 0 unspecified atom stereocenters. The highest BCUT2D eigenvalue weighted by molar-refractivity contribution is 5.90. The predicted molar refractivity (Wildman–Crippen MR) is 98.8 cm³/mol. The number of fused-ring (bicyclic) bond motifs is 1. The van der Waals surface area contributed by atoms with Crippen molar-refractivity contribution in [1.29, 1.82) is 0 Å². The van der Waals surface area contributed by atoms with Gasteiger partial charge in [-0.05, 0) is 32.0 Å². The number of hydrogen-bond acceptors (Lipinski definition) is 7. The zero-order chi connectivity index (χ0) is 18.6. The first-order valence-electron chi connectivity index (χ1n) is 8.17. The van der Waals surface area contributed by atoms with Crippen molar-refractivity contribution >= 4 is 22.7 Å². The topological polar surface area (TPSA) is 113 Å². The van der Waals surface area contributed by atoms with Crippen LogP contribution in [-0.2, 0) is 4.79 Å². The molecule has 3 heterocycles. The second-order valence-corrected chi connectivity index (χ2v) is 6.53. The summed E-state index contributed by atoms with van der Waals surface area (Å²) in [5.74, 6) is 0.357. The number of rotatable bonds is 7. The van der Waals surface area contributed by atoms with E-state index in [1.54, 1.807) is 24.8 Å². The number of aromatic nitrogens is 4. The van der Waals surface area contributed by atoms with E-state index in [-0.39, 0.29) is 6.54 Å². The summed E-state index contributed by atoms with van der Waals surface area (Å²) >= 11 is 0. The van der Waals surface area contributed by atoms with Crippen LogP contribution in [-0.4, -0.2) is 49.6 Å². The second kappa shape index (κ2) is 7.40. The number of nitrogens with one attached hydrogen (secondary N) is 2. The van der Waals surface area contributed by atoms with Gasteiger partial charge in [0.25, 0.3) is 0 Å². The fourth-order valence-electron chi connectivity index (χ4n) is 2.55. The number of carboxylic acids is 1. The molecule has 3 aromatic rings. The van der Waals surface area contributed by atoms with Gasteiger partial charge in [-0.1, -0.05) is 0 Å². The van der Waals surface area contributed by atoms with Gasteiger partial charge in [0.2, 0.25) is 0 Å². The molecule has 0 radical (unpaired) electrons. The maximum atomic E-state index is 10.7. The molecule has 8 nitrogen and oxygen atoms in total. The Balaban J connectivity index is 1.95. The Morgan fingerprint density at radius 2 is 1.85 bits per heavy atom. The number of nitrogens with zero attached hydrogens (tertiary/aromatic N) is 4. The zero-order valence-corrected chi connectivity index (χ0v) is 14.6. The van der Waals surface area contributed by atoms with Crippen molar-refractivity contribution in [2.24, 2.45) is 0 Å². The number of carbonyl (C=O) groups is 1. The zero-order valence-electron chi connectivity index (χ0n) is 14.6. The molecule has 0 spiro atoms. The van der Waals surface area contributed by atoms with Crippen molar-refractivity contribution in [2.45, 2.75) is 19.4 Å². The van der Waals surface area contributed by atoms with E-state index >= 15 is 0 Å². The smallest absolute Gasteiger partial charge is 0.317 e. The molecule has 26 heavy (non-hydrogen) atoms. The maximum Gasteiger partial charge on any atom is 0.317 e. The van der Waals surface area contributed by atoms with Crippen molar-refractivity contribution in [3.05, 3.63) is 43.0 Å². The van der Waals surface area contributed by atoms with E-state index in [9.17, 15) is 4.79 Å². The van der Waals surface area contributed by atoms with E-state index in [2.05, 4.69) is 30.6 Å². The second-order valence-electron chi connectivity index (χ2n) is 6.53. The summed E-state index contributed by atoms with van der Waals surface area (Å²) in [6.45, 7) is 4.31. The number of hydrogen-bond donors (Lipinski definition) is 3. The summed E-state index contributed by atoms with van der Waals surface area (Å²) in [6, 6.07) is 5.55. The third-order valence-corrected chi connectivity index (χ3v) is 3.74. The van der Waals surface area contributed by atoms with Crippen LogP contribution in [0.25, 0.3) is 22.3 Å². The first kappa shape index (κ1) is 17.7. The third-order valence-electron chi connectivity index (χ3n) is 3.74. The molecule has 0 aromatic carbocycles. The highest BCUT2D eigenvalue weighted by Gasteiger charge is 2.20. The molecule has 0 fully saturated rings. The highest BCUT2D eigenvalue weighted by Crippen LogP contribution is 2.26. The summed E-state index contributed by atoms with van der Waals surface area (Å²) in [5.41, 5.74) is 1.16. The maximum absolute atomic E-state index is 10.7. The minimum absolute atomic E-state index is 0.0954. The van der Waals surface area contributed by atoms with E-state index in [1.165, 1.54) is 0 Å². The van der Waals surface area contributed by atoms with Crippen LogP contribution in [0.2, 0.25) is 0 Å². The number of anilines is 1. The van der Waals surface area contributed by atoms with Gasteiger partial charge in [0, 0.05) is 41.6 Å². The van der Waals surface area contributed by atoms with Gasteiger partial charge in [-0.2, -0.15) is 0 Å². The van der Waals surface area contributed by atoms with E-state index in [1.807, 2.05) is 32.0 Å². The Morgan fingerprint density at radius 1 is 1.12 bits per heavy atom. The molecule has 0 saturated carbocycles. The molecule has 0 bridgehead atoms. The molecule has 0 amide bonds. The summed E-state index contributed by atoms with van der Waals surface area (Å²) in [4.78, 5) is 28.1. The van der Waals surface area contributed by atoms with Crippen LogP contribution >= 0.6 is 0 Å². The van der Waals surface area contributed by atoms with Gasteiger partial charge >= 0.3 is 5.97 Å². The Bertz CT molecular complexity index is 914. The normalized spacial score (nSPS) is 11.5. The van der Waals surface area contributed by atoms with Crippen molar-refractivity contribution in [3.63, 3.8) is 0 Å². The van der Waals surface area contributed by atoms with Crippen molar-refractivity contribution in [2.75, 3.05) is 18.4 Å². The van der Waals surface area contributed by atoms with Gasteiger partial charge < -0.3 is 15.7 Å². The first-order valence-corrected chi connectivity index (χ1v) is 8.17. The van der Waals surface area contributed by atoms with Gasteiger partial charge in [0.05, 0.1) is 18.3 Å². The average Bonchev–Trinajstić information content (AvgIpc) is 2.61. The number of pyridine rings is 2. The first-order chi connectivity index (χ1) is 12.4. The van der Waals surface area contributed by atoms with E-state index < -0.39 is 11.5 Å². The Morgan fingerprint density at radius 3 is 2.58 bits per heavy atom. The van der Waals surface area contributed by atoms with Crippen molar-refractivity contribution < 1.29 is 9.90 Å². The lowest BCUT2D eigenvalue weighted by Crippen LogP contribution is -2.43. The number of carboxylic acid groups (broad SMARTS) is 1. The van der Waals surface area contributed by atoms with Gasteiger partial charge in [-0.25, -0.2) is 9.97 Å². The lowest BCUT2D eigenvalue weighted by molar-refractivity contribution is -0.135. The molecule has 0 saturated heterocycles. The van der Waals surface area contributed by atoms with Crippen molar-refractivity contribution in [3.8, 4) is 11.4 Å². The SMILES string of the molecule is CC(C)(CNCC(=O)O)Nc1nc(-c2ccncc2)nc2cnccc12. The van der Waals surface area contributed by atoms with Gasteiger partial charge in [-0.3, -0.25) is 14.8 Å². The standard InChI is InChI=1S/C18H20N6O2/c1-18(2,11-21-10-15(25)26)24-17-13-5-8-20-9-14(13)22-16(23-17)12-3-6-19-7-4-12/h3-9,21H,10-11H2,1-2H3,(H,25,26)(H,22,23,24). The summed E-state index contributed by atoms with van der Waals surface area (Å²) < 4.78 is 0. The average molecular weight is 352 g/mol. The Hall–Kier alpha value is -3.13. The fourth-order valence-corrected chi connectivity index (χ4v) is 2.55. The molecule has 0 aliphatic carbocycles. The summed E-state index contributed by atoms with van der Waals surface area (Å²) in [7, 11) is 0. The summed E-state index contributed by atoms with van der Waals surface area (Å²) in [6.07, 6.45) is 6.78. The molecule has 3 N–H and O–H groups in total. The Labute approximate surface area is 150 Å². The molecule has 134 valence electrons. The molecule has 0 aliphatic rings. The molecule has 0 atom stereocenters. The molecule has 8 heteroatoms. The van der Waals surface area contributed by atoms with Gasteiger partial charge in [0.15, 0.2) is 5.82 Å². The predicted octanol–water partition coefficient (Wildman–Crippen LogP) is 1.95. The molecule has 0 aliphatic heterocycles. The monoisotopic (exact) mass is 352 g/mol. The van der Waals surface area contributed by atoms with Gasteiger partial charge in [0.1, 0.15) is 5.82 Å². The third kappa shape index (κ3) is 4.28. The lowest BCUT2D eigenvalue weighted by atomic mass is 10.1. The van der Waals surface area contributed by atoms with Crippen molar-refractivity contribution in [1.82, 2.24) is 25.3 Å². The fraction of sp³-hybridized carbons (Fsp3) is 0.278.